The van der Waals surface area contributed by atoms with Crippen LogP contribution < -0.4 is 0 Å². The van der Waals surface area contributed by atoms with Gasteiger partial charge in [-0.3, -0.25) is 0 Å². The highest BCUT2D eigenvalue weighted by Crippen LogP contribution is 2.38. The zero-order chi connectivity index (χ0) is 19.3. The van der Waals surface area contributed by atoms with Crippen molar-refractivity contribution in [2.45, 2.75) is 50.9 Å². The summed E-state index contributed by atoms with van der Waals surface area (Å²) in [6.07, 6.45) is 6.87. The Morgan fingerprint density at radius 1 is 1.00 bits per heavy atom. The molecule has 0 spiro atoms. The molecule has 3 aromatic rings. The fraction of sp³-hybridized carbons (Fsp3) is 0.391. The summed E-state index contributed by atoms with van der Waals surface area (Å²) in [7, 11) is 0. The molecule has 28 heavy (non-hydrogen) atoms. The Balaban J connectivity index is 1.25. The normalized spacial score (nSPS) is 19.6. The molecule has 0 bridgehead atoms. The predicted molar refractivity (Wildman–Crippen MR) is 108 cm³/mol. The standard InChI is InChI=1S/C23H24ClFN2O/c24-19-12-7-17(8-13-19)15-22-26-23(28-27-22)14-9-16-5-10-18(11-6-16)20-3-1-2-4-21(20)25/h1-4,7-8,12-13,16,18H,5-6,9-11,14-15H2. The minimum atomic E-state index is -0.0648. The van der Waals surface area contributed by atoms with Gasteiger partial charge in [0.1, 0.15) is 5.82 Å². The molecule has 1 aromatic heterocycles. The molecule has 1 heterocycles. The van der Waals surface area contributed by atoms with Gasteiger partial charge >= 0.3 is 0 Å². The molecule has 146 valence electrons. The second-order valence-electron chi connectivity index (χ2n) is 7.69. The van der Waals surface area contributed by atoms with Crippen molar-refractivity contribution in [3.63, 3.8) is 0 Å². The number of halogens is 2. The van der Waals surface area contributed by atoms with Gasteiger partial charge in [-0.05, 0) is 73.3 Å². The molecule has 4 rings (SSSR count). The topological polar surface area (TPSA) is 38.9 Å². The lowest BCUT2D eigenvalue weighted by atomic mass is 9.77. The molecule has 1 aliphatic carbocycles. The molecule has 0 atom stereocenters. The Bertz CT molecular complexity index is 901. The molecule has 1 saturated carbocycles. The molecular formula is C23H24ClFN2O. The number of hydrogen-bond donors (Lipinski definition) is 0. The molecule has 0 amide bonds. The van der Waals surface area contributed by atoms with Gasteiger partial charge in [-0.2, -0.15) is 4.98 Å². The van der Waals surface area contributed by atoms with E-state index in [4.69, 9.17) is 16.1 Å². The lowest BCUT2D eigenvalue weighted by Gasteiger charge is -2.28. The van der Waals surface area contributed by atoms with Crippen molar-refractivity contribution in [2.75, 3.05) is 0 Å². The summed E-state index contributed by atoms with van der Waals surface area (Å²) in [6.45, 7) is 0. The third kappa shape index (κ3) is 4.79. The van der Waals surface area contributed by atoms with E-state index < -0.39 is 0 Å². The molecule has 2 aromatic carbocycles. The minimum absolute atomic E-state index is 0.0648. The molecular weight excluding hydrogens is 375 g/mol. The predicted octanol–water partition coefficient (Wildman–Crippen LogP) is 6.36. The largest absolute Gasteiger partial charge is 0.339 e. The number of aryl methyl sites for hydroxylation is 1. The van der Waals surface area contributed by atoms with E-state index in [2.05, 4.69) is 10.1 Å². The number of aromatic nitrogens is 2. The Labute approximate surface area is 169 Å². The first kappa shape index (κ1) is 19.1. The van der Waals surface area contributed by atoms with Crippen LogP contribution in [0.25, 0.3) is 0 Å². The first-order valence-corrected chi connectivity index (χ1v) is 10.4. The van der Waals surface area contributed by atoms with Crippen molar-refractivity contribution < 1.29 is 8.91 Å². The van der Waals surface area contributed by atoms with Crippen LogP contribution in [0.5, 0.6) is 0 Å². The smallest absolute Gasteiger partial charge is 0.226 e. The van der Waals surface area contributed by atoms with Crippen molar-refractivity contribution in [3.05, 3.63) is 82.2 Å². The second kappa shape index (κ2) is 8.87. The van der Waals surface area contributed by atoms with Gasteiger partial charge in [0.25, 0.3) is 0 Å². The highest BCUT2D eigenvalue weighted by Gasteiger charge is 2.24. The summed E-state index contributed by atoms with van der Waals surface area (Å²) in [5.41, 5.74) is 1.99. The van der Waals surface area contributed by atoms with Crippen LogP contribution in [0.2, 0.25) is 5.02 Å². The Hall–Kier alpha value is -2.20. The molecule has 1 fully saturated rings. The third-order valence-electron chi connectivity index (χ3n) is 5.74. The summed E-state index contributed by atoms with van der Waals surface area (Å²) in [5, 5.41) is 4.82. The van der Waals surface area contributed by atoms with E-state index in [1.165, 1.54) is 0 Å². The first-order valence-electron chi connectivity index (χ1n) is 9.97. The quantitative estimate of drug-likeness (QED) is 0.485. The molecule has 0 unspecified atom stereocenters. The van der Waals surface area contributed by atoms with Crippen molar-refractivity contribution in [1.82, 2.24) is 10.1 Å². The minimum Gasteiger partial charge on any atom is -0.339 e. The number of hydrogen-bond acceptors (Lipinski definition) is 3. The summed E-state index contributed by atoms with van der Waals surface area (Å²) in [6, 6.07) is 14.9. The molecule has 1 aliphatic rings. The van der Waals surface area contributed by atoms with Crippen LogP contribution in [-0.2, 0) is 12.8 Å². The van der Waals surface area contributed by atoms with Gasteiger partial charge in [0.2, 0.25) is 5.89 Å². The summed E-state index contributed by atoms with van der Waals surface area (Å²) < 4.78 is 19.4. The summed E-state index contributed by atoms with van der Waals surface area (Å²) >= 11 is 5.92. The summed E-state index contributed by atoms with van der Waals surface area (Å²) in [5.74, 6) is 2.35. The Morgan fingerprint density at radius 3 is 2.50 bits per heavy atom. The van der Waals surface area contributed by atoms with E-state index in [1.54, 1.807) is 12.1 Å². The lowest BCUT2D eigenvalue weighted by molar-refractivity contribution is 0.292. The van der Waals surface area contributed by atoms with Gasteiger partial charge in [-0.1, -0.05) is 47.1 Å². The van der Waals surface area contributed by atoms with Crippen LogP contribution in [0.1, 0.15) is 60.9 Å². The van der Waals surface area contributed by atoms with Crippen LogP contribution in [0.4, 0.5) is 4.39 Å². The summed E-state index contributed by atoms with van der Waals surface area (Å²) in [4.78, 5) is 4.53. The highest BCUT2D eigenvalue weighted by molar-refractivity contribution is 6.30. The van der Waals surface area contributed by atoms with Gasteiger partial charge in [0.05, 0.1) is 0 Å². The average Bonchev–Trinajstić information content (AvgIpc) is 3.16. The third-order valence-corrected chi connectivity index (χ3v) is 6.00. The van der Waals surface area contributed by atoms with E-state index in [-0.39, 0.29) is 5.82 Å². The fourth-order valence-electron chi connectivity index (χ4n) is 4.14. The molecule has 0 aliphatic heterocycles. The van der Waals surface area contributed by atoms with E-state index in [0.717, 1.165) is 54.7 Å². The molecule has 3 nitrogen and oxygen atoms in total. The second-order valence-corrected chi connectivity index (χ2v) is 8.12. The fourth-order valence-corrected chi connectivity index (χ4v) is 4.27. The van der Waals surface area contributed by atoms with Crippen LogP contribution in [-0.4, -0.2) is 10.1 Å². The highest BCUT2D eigenvalue weighted by atomic mass is 35.5. The van der Waals surface area contributed by atoms with Gasteiger partial charge in [0, 0.05) is 17.9 Å². The van der Waals surface area contributed by atoms with Crippen molar-refractivity contribution in [1.29, 1.82) is 0 Å². The maximum Gasteiger partial charge on any atom is 0.226 e. The van der Waals surface area contributed by atoms with Crippen molar-refractivity contribution in [3.8, 4) is 0 Å². The van der Waals surface area contributed by atoms with Crippen LogP contribution in [0.15, 0.2) is 53.1 Å². The Kier molecular flexibility index (Phi) is 6.06. The van der Waals surface area contributed by atoms with Gasteiger partial charge in [0.15, 0.2) is 5.82 Å². The lowest BCUT2D eigenvalue weighted by Crippen LogP contribution is -2.15. The van der Waals surface area contributed by atoms with E-state index in [9.17, 15) is 4.39 Å². The molecule has 0 radical (unpaired) electrons. The zero-order valence-electron chi connectivity index (χ0n) is 15.8. The molecule has 5 heteroatoms. The van der Waals surface area contributed by atoms with Crippen LogP contribution in [0, 0.1) is 11.7 Å². The van der Waals surface area contributed by atoms with E-state index >= 15 is 0 Å². The Morgan fingerprint density at radius 2 is 1.75 bits per heavy atom. The number of rotatable bonds is 6. The van der Waals surface area contributed by atoms with Gasteiger partial charge < -0.3 is 4.52 Å². The monoisotopic (exact) mass is 398 g/mol. The van der Waals surface area contributed by atoms with E-state index in [1.807, 2.05) is 36.4 Å². The van der Waals surface area contributed by atoms with Crippen LogP contribution >= 0.6 is 11.6 Å². The zero-order valence-corrected chi connectivity index (χ0v) is 16.5. The molecule has 0 N–H and O–H groups in total. The number of benzene rings is 2. The average molecular weight is 399 g/mol. The van der Waals surface area contributed by atoms with E-state index in [0.29, 0.717) is 30.0 Å². The van der Waals surface area contributed by atoms with Crippen LogP contribution in [0.3, 0.4) is 0 Å². The molecule has 0 saturated heterocycles. The van der Waals surface area contributed by atoms with Gasteiger partial charge in [-0.15, -0.1) is 0 Å². The SMILES string of the molecule is Fc1ccccc1C1CCC(CCc2nc(Cc3ccc(Cl)cc3)no2)CC1. The maximum absolute atomic E-state index is 14.0. The van der Waals surface area contributed by atoms with Gasteiger partial charge in [-0.25, -0.2) is 4.39 Å². The first-order chi connectivity index (χ1) is 13.7. The van der Waals surface area contributed by atoms with Crippen molar-refractivity contribution in [2.24, 2.45) is 5.92 Å². The van der Waals surface area contributed by atoms with Crippen molar-refractivity contribution >= 4 is 11.6 Å². The maximum atomic E-state index is 14.0. The number of nitrogens with zero attached hydrogens (tertiary/aromatic N) is 2.